The number of likely N-dealkylation sites (tertiary alicyclic amines) is 2. The number of ether oxygens (including phenoxy) is 3. The van der Waals surface area contributed by atoms with Crippen molar-refractivity contribution in [2.75, 3.05) is 133 Å². The second kappa shape index (κ2) is 36.0. The molecule has 2 aromatic carbocycles. The van der Waals surface area contributed by atoms with E-state index in [0.29, 0.717) is 170 Å². The monoisotopic (exact) mass is 1540 g/mol. The number of hydrogen-bond acceptors (Lipinski definition) is 24. The first-order chi connectivity index (χ1) is 51.3. The lowest BCUT2D eigenvalue weighted by Crippen LogP contribution is -2.37. The van der Waals surface area contributed by atoms with E-state index in [4.69, 9.17) is 70.7 Å². The highest BCUT2D eigenvalue weighted by Gasteiger charge is 2.29. The number of rotatable bonds is 10. The van der Waals surface area contributed by atoms with Crippen molar-refractivity contribution in [3.63, 3.8) is 0 Å². The van der Waals surface area contributed by atoms with Crippen molar-refractivity contribution in [2.45, 2.75) is 77.6 Å². The maximum atomic E-state index is 13.6. The molecule has 11 aromatic heterocycles. The molecule has 0 amide bonds. The first kappa shape index (κ1) is 78.6. The van der Waals surface area contributed by atoms with Crippen LogP contribution in [-0.2, 0) is 27.3 Å². The van der Waals surface area contributed by atoms with E-state index in [0.717, 1.165) is 145 Å². The summed E-state index contributed by atoms with van der Waals surface area (Å²) >= 11 is 12.3. The highest BCUT2D eigenvalue weighted by molar-refractivity contribution is 6.61. The fraction of sp³-hybridized carbons (Fsp3) is 0.405. The van der Waals surface area contributed by atoms with Gasteiger partial charge >= 0.3 is 7.12 Å². The summed E-state index contributed by atoms with van der Waals surface area (Å²) in [6, 6.07) is 21.2. The van der Waals surface area contributed by atoms with Gasteiger partial charge < -0.3 is 73.0 Å². The molecule has 6 aliphatic rings. The van der Waals surface area contributed by atoms with E-state index in [9.17, 15) is 18.0 Å². The number of aldehydes is 1. The van der Waals surface area contributed by atoms with Crippen LogP contribution < -0.4 is 25.5 Å². The van der Waals surface area contributed by atoms with Crippen molar-refractivity contribution >= 4 is 160 Å². The quantitative estimate of drug-likeness (QED) is 0.0482. The number of hydrogen-bond donors (Lipinski definition) is 5. The molecule has 0 saturated carbocycles. The molecule has 13 aromatic rings. The summed E-state index contributed by atoms with van der Waals surface area (Å²) in [5.74, 6) is 2.74. The van der Waals surface area contributed by atoms with Crippen molar-refractivity contribution in [1.29, 1.82) is 0 Å². The van der Waals surface area contributed by atoms with E-state index >= 15 is 0 Å². The fourth-order valence-corrected chi connectivity index (χ4v) is 14.3. The Morgan fingerprint density at radius 1 is 0.509 bits per heavy atom. The van der Waals surface area contributed by atoms with Gasteiger partial charge in [0.05, 0.1) is 55.8 Å². The second-order valence-electron chi connectivity index (χ2n) is 26.5. The van der Waals surface area contributed by atoms with Crippen molar-refractivity contribution in [1.82, 2.24) is 69.9 Å². The smallest absolute Gasteiger partial charge is 0.432 e. The number of piperidine rings is 3. The summed E-state index contributed by atoms with van der Waals surface area (Å²) in [6.45, 7) is 14.4. The van der Waals surface area contributed by atoms with Crippen molar-refractivity contribution in [3.05, 3.63) is 125 Å². The van der Waals surface area contributed by atoms with E-state index < -0.39 is 25.6 Å². The lowest BCUT2D eigenvalue weighted by atomic mass is 9.78. The number of anilines is 3. The molecular weight excluding hydrogens is 1460 g/mol. The van der Waals surface area contributed by atoms with Crippen LogP contribution in [0.3, 0.4) is 0 Å². The van der Waals surface area contributed by atoms with Crippen molar-refractivity contribution in [3.8, 4) is 11.4 Å². The molecule has 6 fully saturated rings. The van der Waals surface area contributed by atoms with E-state index in [1.807, 2.05) is 47.8 Å². The molecule has 0 spiro atoms. The van der Waals surface area contributed by atoms with Gasteiger partial charge in [-0.3, -0.25) is 14.6 Å². The SMILES string of the molecule is C.Cl.FC1CCN(Cc2cnc3oc4c(N5CCOCC5)nc(-c5cccc6[nH]ccc56)nc4c3c2)CC1.FC1CCN(Cc2cnc3oc4c(N5CCOCC5)nc(Cl)nc4c3c2)CC1.FC1CCNCC1.O.O=Cc1cnc2oc3c(N4CCOCC4)nc(Cl)nc3c2c1.OB(O)c1cccc2[nH]ccc12. The van der Waals surface area contributed by atoms with Crippen LogP contribution in [0.15, 0.2) is 111 Å². The van der Waals surface area contributed by atoms with E-state index in [-0.39, 0.29) is 35.9 Å². The third-order valence-electron chi connectivity index (χ3n) is 19.5. The number of aromatic nitrogens is 11. The number of aromatic amines is 2. The summed E-state index contributed by atoms with van der Waals surface area (Å²) in [6.07, 6.45) is 11.5. The molecular formula is C74H84BCl3F3N17O10. The van der Waals surface area contributed by atoms with E-state index in [1.54, 1.807) is 24.4 Å². The van der Waals surface area contributed by atoms with Gasteiger partial charge in [-0.15, -0.1) is 12.4 Å². The Balaban J connectivity index is 0.000000135. The van der Waals surface area contributed by atoms with Crippen LogP contribution in [0, 0.1) is 0 Å². The minimum atomic E-state index is -1.40. The largest absolute Gasteiger partial charge is 0.489 e. The molecule has 17 heterocycles. The average Bonchev–Trinajstić information content (AvgIpc) is 1.60. The number of fused-ring (bicyclic) bond motifs is 11. The van der Waals surface area contributed by atoms with Gasteiger partial charge in [0.1, 0.15) is 35.1 Å². The predicted molar refractivity (Wildman–Crippen MR) is 415 cm³/mol. The highest BCUT2D eigenvalue weighted by Crippen LogP contribution is 2.39. The first-order valence-corrected chi connectivity index (χ1v) is 36.2. The molecule has 0 unspecified atom stereocenters. The summed E-state index contributed by atoms with van der Waals surface area (Å²) in [5.41, 5.74) is 11.3. The Labute approximate surface area is 634 Å². The average molecular weight is 1550 g/mol. The fourth-order valence-electron chi connectivity index (χ4n) is 14.0. The molecule has 27 nitrogen and oxygen atoms in total. The third kappa shape index (κ3) is 17.8. The summed E-state index contributed by atoms with van der Waals surface area (Å²) < 4.78 is 73.6. The summed E-state index contributed by atoms with van der Waals surface area (Å²) in [5, 5.41) is 25.6. The van der Waals surface area contributed by atoms with Gasteiger partial charge in [-0.1, -0.05) is 31.7 Å². The van der Waals surface area contributed by atoms with Crippen molar-refractivity contribution < 1.29 is 61.0 Å². The zero-order valence-corrected chi connectivity index (χ0v) is 60.6. The number of halogens is 6. The Bertz CT molecular complexity index is 5170. The van der Waals surface area contributed by atoms with E-state index in [2.05, 4.69) is 94.0 Å². The number of morpholine rings is 3. The Kier molecular flexibility index (Phi) is 26.2. The van der Waals surface area contributed by atoms with Gasteiger partial charge in [0.2, 0.25) is 27.7 Å². The molecule has 0 atom stereocenters. The van der Waals surface area contributed by atoms with Gasteiger partial charge in [-0.05, 0) is 139 Å². The molecule has 0 radical (unpaired) electrons. The zero-order chi connectivity index (χ0) is 71.9. The first-order valence-electron chi connectivity index (χ1n) is 35.4. The topological polar surface area (TPSA) is 332 Å². The predicted octanol–water partition coefficient (Wildman–Crippen LogP) is 10.7. The van der Waals surface area contributed by atoms with Crippen LogP contribution >= 0.6 is 35.6 Å². The van der Waals surface area contributed by atoms with Gasteiger partial charge in [-0.25, -0.2) is 48.1 Å². The maximum absolute atomic E-state index is 13.6. The number of nitrogens with one attached hydrogen (secondary N) is 3. The molecule has 570 valence electrons. The minimum Gasteiger partial charge on any atom is -0.432 e. The van der Waals surface area contributed by atoms with E-state index in [1.165, 1.54) is 6.20 Å². The zero-order valence-electron chi connectivity index (χ0n) is 58.3. The second-order valence-corrected chi connectivity index (χ2v) is 27.2. The highest BCUT2D eigenvalue weighted by atomic mass is 35.5. The maximum Gasteiger partial charge on any atom is 0.489 e. The molecule has 34 heteroatoms. The standard InChI is InChI=1S/C27H27FN6O2.C19H21ClFN5O2.C14H11ClN4O3.C8H8BNO2.C5H10FN.CH4.ClH.H2O/c28-18-5-8-33(9-6-18)16-17-14-21-23-24(36-27(21)30-15-17)26(34-10-12-35-13-11-34)32-25(31-23)20-2-1-3-22-19(20)4-7-29-22;20-19-23-15-14-9-12(11-25-3-1-13(21)2-4-25)10-22-18(14)28-16(15)17(24-19)26-5-7-27-8-6-26;15-14-17-10-9-5-8(7-20)6-16-13(9)22-11(10)12(18-14)19-1-3-21-4-2-19;11-9(12)7-2-1-3-8-6(7)4-5-10-8;6-5-1-3-7-4-2-5;;;/h1-4,7,14-15,18,29H,5-6,8-13,16H2;9-10,13H,1-8,11H2;5-7H,1-4H2;1-5,10-12H;5,7H,1-4H2;1H4;1H;1H2. The van der Waals surface area contributed by atoms with Gasteiger partial charge in [0, 0.05) is 137 Å². The minimum absolute atomic E-state index is 0. The summed E-state index contributed by atoms with van der Waals surface area (Å²) in [7, 11) is -1.40. The van der Waals surface area contributed by atoms with Crippen LogP contribution in [0.25, 0.3) is 99.8 Å². The van der Waals surface area contributed by atoms with Gasteiger partial charge in [-0.2, -0.15) is 9.97 Å². The molecule has 7 N–H and O–H groups in total. The number of H-pyrrole nitrogens is 2. The number of benzene rings is 2. The number of carbonyl (C=O) groups is 1. The molecule has 6 aliphatic heterocycles. The Hall–Kier alpha value is -8.96. The Morgan fingerprint density at radius 2 is 0.926 bits per heavy atom. The normalized spacial score (nSPS) is 17.1. The van der Waals surface area contributed by atoms with Crippen LogP contribution in [0.2, 0.25) is 10.6 Å². The third-order valence-corrected chi connectivity index (χ3v) is 19.8. The molecule has 108 heavy (non-hydrogen) atoms. The molecule has 6 saturated heterocycles. The number of nitrogens with zero attached hydrogens (tertiary/aromatic N) is 14. The lowest BCUT2D eigenvalue weighted by Gasteiger charge is -2.28. The lowest BCUT2D eigenvalue weighted by molar-refractivity contribution is 0.112. The van der Waals surface area contributed by atoms with Crippen LogP contribution in [0.5, 0.6) is 0 Å². The van der Waals surface area contributed by atoms with Gasteiger partial charge in [0.15, 0.2) is 46.3 Å². The molecule has 0 aliphatic carbocycles. The van der Waals surface area contributed by atoms with Crippen LogP contribution in [0.4, 0.5) is 30.6 Å². The number of alkyl halides is 3. The Morgan fingerprint density at radius 3 is 1.38 bits per heavy atom. The van der Waals surface area contributed by atoms with Crippen LogP contribution in [0.1, 0.15) is 67.4 Å². The molecule has 19 rings (SSSR count). The number of pyridine rings is 3. The molecule has 0 bridgehead atoms. The summed E-state index contributed by atoms with van der Waals surface area (Å²) in [4.78, 5) is 68.8. The van der Waals surface area contributed by atoms with Crippen molar-refractivity contribution in [2.24, 2.45) is 0 Å². The van der Waals surface area contributed by atoms with Gasteiger partial charge in [0.25, 0.3) is 0 Å². The number of carbonyl (C=O) groups excluding carboxylic acids is 1. The van der Waals surface area contributed by atoms with Crippen LogP contribution in [-0.4, -0.2) is 230 Å². The number of furan rings is 3.